The van der Waals surface area contributed by atoms with Gasteiger partial charge in [0, 0.05) is 24.2 Å². The van der Waals surface area contributed by atoms with Crippen molar-refractivity contribution < 1.29 is 31.6 Å². The van der Waals surface area contributed by atoms with Gasteiger partial charge in [-0.25, -0.2) is 0 Å². The van der Waals surface area contributed by atoms with Crippen molar-refractivity contribution in [2.75, 3.05) is 33.3 Å². The van der Waals surface area contributed by atoms with Gasteiger partial charge in [0.05, 0.1) is 13.6 Å². The highest BCUT2D eigenvalue weighted by atomic mass is 35.5. The molecule has 0 aromatic rings. The van der Waals surface area contributed by atoms with Gasteiger partial charge in [-0.1, -0.05) is 187 Å². The molecule has 1 radical (unpaired) electrons. The van der Waals surface area contributed by atoms with Crippen LogP contribution in [0.5, 0.6) is 0 Å². The van der Waals surface area contributed by atoms with E-state index >= 15 is 0 Å². The molecule has 0 aliphatic heterocycles. The van der Waals surface area contributed by atoms with Gasteiger partial charge in [0.25, 0.3) is 0 Å². The van der Waals surface area contributed by atoms with Crippen LogP contribution in [-0.4, -0.2) is 45.2 Å². The van der Waals surface area contributed by atoms with E-state index in [2.05, 4.69) is 26.2 Å². The molecule has 5 nitrogen and oxygen atoms in total. The lowest BCUT2D eigenvalue weighted by molar-refractivity contribution is -0.880. The minimum absolute atomic E-state index is 0. The first-order valence-electron chi connectivity index (χ1n) is 20.8. The molecule has 6 heteroatoms. The maximum absolute atomic E-state index is 12.2. The van der Waals surface area contributed by atoms with E-state index in [1.165, 1.54) is 172 Å². The second-order valence-electron chi connectivity index (χ2n) is 14.4. The van der Waals surface area contributed by atoms with Gasteiger partial charge in [-0.3, -0.25) is 4.79 Å². The first-order chi connectivity index (χ1) is 22.6. The zero-order chi connectivity index (χ0) is 33.6. The number of ether oxygens (including phenoxy) is 1. The number of rotatable bonds is 38. The van der Waals surface area contributed by atoms with Crippen molar-refractivity contribution in [3.8, 4) is 0 Å². The molecule has 1 unspecified atom stereocenters. The molecule has 0 spiro atoms. The van der Waals surface area contributed by atoms with Crippen LogP contribution in [0.3, 0.4) is 0 Å². The molecule has 1 amide bonds. The van der Waals surface area contributed by atoms with Crippen molar-refractivity contribution in [1.29, 1.82) is 0 Å². The fourth-order valence-electron chi connectivity index (χ4n) is 6.36. The fourth-order valence-corrected chi connectivity index (χ4v) is 6.36. The summed E-state index contributed by atoms with van der Waals surface area (Å²) in [5.41, 5.74) is 0. The van der Waals surface area contributed by atoms with Crippen LogP contribution in [-0.2, 0) is 14.3 Å². The molecule has 2 N–H and O–H groups in total. The third-order valence-electron chi connectivity index (χ3n) is 9.64. The predicted octanol–water partition coefficient (Wildman–Crippen LogP) is 7.69. The van der Waals surface area contributed by atoms with Crippen molar-refractivity contribution in [3.05, 3.63) is 0 Å². The standard InChI is InChI=1S/C41H82N2O3.ClH/c1-4-6-8-10-12-14-16-18-19-20-22-24-26-28-30-32-36-42-40(44)34-33-37-43(3)38-39-46-41(45)35-31-29-27-25-23-21-17-15-13-11-9-7-5-2;/h4-39H2,1-3H3,(H,42,44);1H/q+1;. The number of amides is 1. The quantitative estimate of drug-likeness (QED) is 0.0398. The van der Waals surface area contributed by atoms with Crippen LogP contribution in [0.2, 0.25) is 0 Å². The number of likely N-dealkylation sites (N-methyl/N-ethyl adjacent to an activating group) is 1. The van der Waals surface area contributed by atoms with Gasteiger partial charge in [-0.2, -0.15) is 0 Å². The summed E-state index contributed by atoms with van der Waals surface area (Å²) in [6.07, 6.45) is 41.1. The van der Waals surface area contributed by atoms with E-state index in [0.29, 0.717) is 19.4 Å². The minimum Gasteiger partial charge on any atom is -1.00 e. The molecule has 0 rings (SSSR count). The zero-order valence-electron chi connectivity index (χ0n) is 32.1. The van der Waals surface area contributed by atoms with Gasteiger partial charge >= 0.3 is 5.97 Å². The van der Waals surface area contributed by atoms with Crippen LogP contribution < -0.4 is 22.6 Å². The highest BCUT2D eigenvalue weighted by Gasteiger charge is 2.17. The molecule has 1 atom stereocenters. The summed E-state index contributed by atoms with van der Waals surface area (Å²) in [6, 6.07) is 0. The van der Waals surface area contributed by atoms with Crippen molar-refractivity contribution in [3.63, 3.8) is 0 Å². The molecule has 0 saturated heterocycles. The molecule has 0 aliphatic carbocycles. The Morgan fingerprint density at radius 3 is 1.28 bits per heavy atom. The maximum atomic E-state index is 12.2. The Morgan fingerprint density at radius 2 is 0.872 bits per heavy atom. The molecule has 0 fully saturated rings. The molecule has 0 aromatic heterocycles. The van der Waals surface area contributed by atoms with Crippen molar-refractivity contribution in [2.45, 2.75) is 219 Å². The van der Waals surface area contributed by atoms with Crippen molar-refractivity contribution in [1.82, 2.24) is 5.32 Å². The lowest BCUT2D eigenvalue weighted by Crippen LogP contribution is -3.09. The molecular formula is C41H83ClN2O3+. The lowest BCUT2D eigenvalue weighted by Gasteiger charge is -2.11. The third-order valence-corrected chi connectivity index (χ3v) is 9.64. The SMILES string of the molecule is CCCCCCCCCCCCCCCCCCNC(=O)CCC[NH+](C)CCOC(=[O+])CCCCCCCCCCCCCCC.[Cl-]. The number of quaternary nitrogens is 1. The molecule has 0 aromatic carbocycles. The Hall–Kier alpha value is -0.810. The van der Waals surface area contributed by atoms with E-state index < -0.39 is 0 Å². The Balaban J connectivity index is 0. The zero-order valence-corrected chi connectivity index (χ0v) is 32.8. The molecule has 281 valence electrons. The van der Waals surface area contributed by atoms with E-state index in [9.17, 15) is 9.59 Å². The second kappa shape index (κ2) is 41.4. The summed E-state index contributed by atoms with van der Waals surface area (Å²) in [5.74, 6) is 0.127. The molecule has 47 heavy (non-hydrogen) atoms. The lowest BCUT2D eigenvalue weighted by atomic mass is 10.0. The minimum atomic E-state index is -0.0515. The molecule has 0 heterocycles. The number of hydrogen-bond acceptors (Lipinski definition) is 3. The van der Waals surface area contributed by atoms with Crippen LogP contribution in [0.1, 0.15) is 219 Å². The van der Waals surface area contributed by atoms with E-state index in [1.54, 1.807) is 0 Å². The molecular weight excluding hydrogens is 604 g/mol. The first-order valence-corrected chi connectivity index (χ1v) is 20.8. The Kier molecular flexibility index (Phi) is 42.5. The largest absolute Gasteiger partial charge is 1.00 e. The number of hydrogen-bond donors (Lipinski definition) is 2. The van der Waals surface area contributed by atoms with Crippen molar-refractivity contribution in [2.24, 2.45) is 0 Å². The summed E-state index contributed by atoms with van der Waals surface area (Å²) in [5, 5.41) is 3.10. The Bertz CT molecular complexity index is 634. The average molecular weight is 688 g/mol. The molecule has 0 saturated carbocycles. The summed E-state index contributed by atoms with van der Waals surface area (Å²) >= 11 is 0. The number of halogens is 1. The van der Waals surface area contributed by atoms with Gasteiger partial charge in [0.15, 0.2) is 0 Å². The average Bonchev–Trinajstić information content (AvgIpc) is 3.04. The van der Waals surface area contributed by atoms with Gasteiger partial charge < -0.3 is 27.4 Å². The molecule has 0 bridgehead atoms. The number of carbonyl (C=O) groups is 2. The van der Waals surface area contributed by atoms with E-state index in [1.807, 2.05) is 0 Å². The van der Waals surface area contributed by atoms with Crippen LogP contribution in [0.15, 0.2) is 0 Å². The Morgan fingerprint density at radius 1 is 0.511 bits per heavy atom. The highest BCUT2D eigenvalue weighted by molar-refractivity contribution is 5.75. The second-order valence-corrected chi connectivity index (χ2v) is 14.4. The van der Waals surface area contributed by atoms with Gasteiger partial charge in [0.2, 0.25) is 12.5 Å². The van der Waals surface area contributed by atoms with Gasteiger partial charge in [-0.15, -0.1) is 0 Å². The maximum Gasteiger partial charge on any atom is 0.574 e. The number of esters is 1. The Labute approximate surface area is 300 Å². The van der Waals surface area contributed by atoms with E-state index in [-0.39, 0.29) is 24.3 Å². The van der Waals surface area contributed by atoms with E-state index in [0.717, 1.165) is 45.3 Å². The van der Waals surface area contributed by atoms with Crippen molar-refractivity contribution >= 4 is 11.9 Å². The summed E-state index contributed by atoms with van der Waals surface area (Å²) in [7, 11) is 2.12. The number of carbonyl (C=O) groups excluding carboxylic acids is 2. The van der Waals surface area contributed by atoms with Crippen LogP contribution >= 0.6 is 0 Å². The smallest absolute Gasteiger partial charge is 0.574 e. The third kappa shape index (κ3) is 41.3. The van der Waals surface area contributed by atoms with Crippen LogP contribution in [0.25, 0.3) is 0 Å². The highest BCUT2D eigenvalue weighted by Crippen LogP contribution is 2.14. The number of unbranched alkanes of at least 4 members (excludes halogenated alkanes) is 27. The van der Waals surface area contributed by atoms with E-state index in [4.69, 9.17) is 4.74 Å². The number of nitrogens with one attached hydrogen (secondary N) is 2. The normalized spacial score (nSPS) is 11.7. The van der Waals surface area contributed by atoms with Crippen LogP contribution in [0, 0.1) is 0 Å². The fraction of sp³-hybridized carbons (Fsp3) is 0.951. The summed E-state index contributed by atoms with van der Waals surface area (Å²) in [4.78, 5) is 25.5. The molecule has 0 aliphatic rings. The topological polar surface area (TPSA) is 62.7 Å². The monoisotopic (exact) mass is 687 g/mol. The van der Waals surface area contributed by atoms with Crippen LogP contribution in [0.4, 0.5) is 0 Å². The van der Waals surface area contributed by atoms with Gasteiger partial charge in [0.1, 0.15) is 13.0 Å². The summed E-state index contributed by atoms with van der Waals surface area (Å²) in [6.45, 7) is 7.60. The first kappa shape index (κ1) is 48.3. The summed E-state index contributed by atoms with van der Waals surface area (Å²) < 4.78 is 5.45. The van der Waals surface area contributed by atoms with Gasteiger partial charge in [-0.05, 0) is 12.8 Å². The predicted molar refractivity (Wildman–Crippen MR) is 200 cm³/mol.